The van der Waals surface area contributed by atoms with Gasteiger partial charge in [0.1, 0.15) is 0 Å². The molecule has 1 N–H and O–H groups in total. The Morgan fingerprint density at radius 1 is 1.05 bits per heavy atom. The molecule has 0 spiro atoms. The number of anilines is 1. The molecular weight excluding hydrogens is 537 g/mol. The first-order chi connectivity index (χ1) is 18.5. The van der Waals surface area contributed by atoms with Crippen LogP contribution < -0.4 is 15.8 Å². The summed E-state index contributed by atoms with van der Waals surface area (Å²) in [6, 6.07) is 11.6. The second-order valence-corrected chi connectivity index (χ2v) is 11.6. The standard InChI is InChI=1S/C29H31Cl2N5O3/c1-17-14-21-24(16-34(17)26(38)19-8-11-22(30)23(31)15-19)33-28(35-13-5-12-29(35,2)3)36(27(21)39)20-9-6-18(7-10-20)25(37)32-4/h6-11,15,17H,5,12-14,16H2,1-4H3,(H,32,37)/t17-/m1/s1. The fourth-order valence-corrected chi connectivity index (χ4v) is 5.81. The number of hydrogen-bond donors (Lipinski definition) is 1. The minimum atomic E-state index is -0.230. The minimum Gasteiger partial charge on any atom is -0.355 e. The lowest BCUT2D eigenvalue weighted by molar-refractivity contribution is 0.0653. The molecule has 39 heavy (non-hydrogen) atoms. The zero-order valence-electron chi connectivity index (χ0n) is 22.4. The summed E-state index contributed by atoms with van der Waals surface area (Å²) < 4.78 is 1.66. The predicted octanol–water partition coefficient (Wildman–Crippen LogP) is 4.86. The van der Waals surface area contributed by atoms with E-state index < -0.39 is 0 Å². The maximum atomic E-state index is 14.1. The fraction of sp³-hybridized carbons (Fsp3) is 0.379. The van der Waals surface area contributed by atoms with Crippen LogP contribution in [0.3, 0.4) is 0 Å². The van der Waals surface area contributed by atoms with Gasteiger partial charge >= 0.3 is 0 Å². The predicted molar refractivity (Wildman–Crippen MR) is 153 cm³/mol. The van der Waals surface area contributed by atoms with Crippen LogP contribution in [0.5, 0.6) is 0 Å². The molecule has 1 saturated heterocycles. The van der Waals surface area contributed by atoms with Crippen molar-refractivity contribution in [3.63, 3.8) is 0 Å². The molecular formula is C29H31Cl2N5O3. The van der Waals surface area contributed by atoms with Gasteiger partial charge in [-0.15, -0.1) is 0 Å². The first-order valence-corrected chi connectivity index (χ1v) is 13.8. The van der Waals surface area contributed by atoms with Crippen molar-refractivity contribution in [3.8, 4) is 5.69 Å². The normalized spacial score (nSPS) is 18.2. The summed E-state index contributed by atoms with van der Waals surface area (Å²) >= 11 is 12.2. The first kappa shape index (κ1) is 27.2. The number of nitrogens with zero attached hydrogens (tertiary/aromatic N) is 4. The Labute approximate surface area is 237 Å². The van der Waals surface area contributed by atoms with E-state index in [1.54, 1.807) is 59.0 Å². The van der Waals surface area contributed by atoms with Crippen LogP contribution in [0.1, 0.15) is 65.6 Å². The molecule has 3 aromatic rings. The summed E-state index contributed by atoms with van der Waals surface area (Å²) in [7, 11) is 1.58. The Kier molecular flexibility index (Phi) is 7.20. The molecule has 2 aliphatic rings. The number of benzene rings is 2. The van der Waals surface area contributed by atoms with Gasteiger partial charge in [0.2, 0.25) is 5.95 Å². The fourth-order valence-electron chi connectivity index (χ4n) is 5.51. The Morgan fingerprint density at radius 2 is 1.74 bits per heavy atom. The van der Waals surface area contributed by atoms with Gasteiger partial charge in [-0.1, -0.05) is 23.2 Å². The first-order valence-electron chi connectivity index (χ1n) is 13.0. The molecule has 0 aliphatic carbocycles. The van der Waals surface area contributed by atoms with E-state index in [0.29, 0.717) is 50.5 Å². The smallest absolute Gasteiger partial charge is 0.263 e. The van der Waals surface area contributed by atoms with Crippen molar-refractivity contribution in [2.45, 2.75) is 58.2 Å². The third kappa shape index (κ3) is 4.92. The lowest BCUT2D eigenvalue weighted by Crippen LogP contribution is -2.48. The van der Waals surface area contributed by atoms with Crippen LogP contribution >= 0.6 is 23.2 Å². The maximum Gasteiger partial charge on any atom is 0.263 e. The van der Waals surface area contributed by atoms with Gasteiger partial charge in [-0.25, -0.2) is 9.55 Å². The third-order valence-electron chi connectivity index (χ3n) is 7.78. The second-order valence-electron chi connectivity index (χ2n) is 10.8. The Bertz CT molecular complexity index is 1520. The van der Waals surface area contributed by atoms with E-state index in [2.05, 4.69) is 24.1 Å². The molecule has 2 aliphatic heterocycles. The van der Waals surface area contributed by atoms with Crippen molar-refractivity contribution < 1.29 is 9.59 Å². The van der Waals surface area contributed by atoms with Crippen molar-refractivity contribution in [2.24, 2.45) is 0 Å². The number of hydrogen-bond acceptors (Lipinski definition) is 5. The largest absolute Gasteiger partial charge is 0.355 e. The van der Waals surface area contributed by atoms with Gasteiger partial charge in [0.05, 0.1) is 28.0 Å². The Hall–Kier alpha value is -3.36. The molecule has 10 heteroatoms. The van der Waals surface area contributed by atoms with Gasteiger partial charge in [0.15, 0.2) is 0 Å². The molecule has 5 rings (SSSR count). The van der Waals surface area contributed by atoms with Crippen LogP contribution in [0, 0.1) is 0 Å². The van der Waals surface area contributed by atoms with Crippen LogP contribution in [0.15, 0.2) is 47.3 Å². The van der Waals surface area contributed by atoms with Crippen molar-refractivity contribution >= 4 is 41.0 Å². The summed E-state index contributed by atoms with van der Waals surface area (Å²) in [6.45, 7) is 7.19. The average Bonchev–Trinajstić information content (AvgIpc) is 3.28. The van der Waals surface area contributed by atoms with Gasteiger partial charge in [0.25, 0.3) is 17.4 Å². The second kappa shape index (κ2) is 10.3. The van der Waals surface area contributed by atoms with Gasteiger partial charge < -0.3 is 15.1 Å². The highest BCUT2D eigenvalue weighted by atomic mass is 35.5. The summed E-state index contributed by atoms with van der Waals surface area (Å²) in [5.41, 5.74) is 2.42. The van der Waals surface area contributed by atoms with Gasteiger partial charge in [-0.2, -0.15) is 0 Å². The van der Waals surface area contributed by atoms with E-state index in [4.69, 9.17) is 28.2 Å². The van der Waals surface area contributed by atoms with Crippen LogP contribution in [0.4, 0.5) is 5.95 Å². The number of carbonyl (C=O) groups excluding carboxylic acids is 2. The minimum absolute atomic E-state index is 0.154. The number of carbonyl (C=O) groups is 2. The average molecular weight is 569 g/mol. The Morgan fingerprint density at radius 3 is 2.36 bits per heavy atom. The van der Waals surface area contributed by atoms with Crippen molar-refractivity contribution in [1.82, 2.24) is 19.8 Å². The topological polar surface area (TPSA) is 87.5 Å². The van der Waals surface area contributed by atoms with E-state index in [-0.39, 0.29) is 35.5 Å². The molecule has 0 saturated carbocycles. The number of fused-ring (bicyclic) bond motifs is 1. The number of rotatable bonds is 4. The highest BCUT2D eigenvalue weighted by Gasteiger charge is 2.38. The molecule has 0 bridgehead atoms. The lowest BCUT2D eigenvalue weighted by Gasteiger charge is -2.37. The van der Waals surface area contributed by atoms with Crippen LogP contribution in [-0.4, -0.2) is 51.4 Å². The van der Waals surface area contributed by atoms with E-state index in [0.717, 1.165) is 19.4 Å². The molecule has 1 atom stereocenters. The van der Waals surface area contributed by atoms with E-state index >= 15 is 0 Å². The number of nitrogens with one attached hydrogen (secondary N) is 1. The number of aromatic nitrogens is 2. The van der Waals surface area contributed by atoms with Crippen molar-refractivity contribution in [1.29, 1.82) is 0 Å². The molecule has 2 amide bonds. The molecule has 8 nitrogen and oxygen atoms in total. The maximum absolute atomic E-state index is 14.1. The van der Waals surface area contributed by atoms with Gasteiger partial charge in [0, 0.05) is 41.9 Å². The highest BCUT2D eigenvalue weighted by Crippen LogP contribution is 2.35. The van der Waals surface area contributed by atoms with Gasteiger partial charge in [-0.05, 0) is 82.5 Å². The summed E-state index contributed by atoms with van der Waals surface area (Å²) in [5, 5.41) is 3.32. The Balaban J connectivity index is 1.61. The molecule has 204 valence electrons. The quantitative estimate of drug-likeness (QED) is 0.486. The summed E-state index contributed by atoms with van der Waals surface area (Å²) in [6.07, 6.45) is 2.32. The molecule has 0 unspecified atom stereocenters. The lowest BCUT2D eigenvalue weighted by atomic mass is 9.98. The van der Waals surface area contributed by atoms with E-state index in [9.17, 15) is 14.4 Å². The third-order valence-corrected chi connectivity index (χ3v) is 8.52. The van der Waals surface area contributed by atoms with Crippen LogP contribution in [-0.2, 0) is 13.0 Å². The van der Waals surface area contributed by atoms with Gasteiger partial charge in [-0.3, -0.25) is 14.4 Å². The summed E-state index contributed by atoms with van der Waals surface area (Å²) in [4.78, 5) is 48.7. The summed E-state index contributed by atoms with van der Waals surface area (Å²) in [5.74, 6) is 0.162. The van der Waals surface area contributed by atoms with E-state index in [1.165, 1.54) is 0 Å². The van der Waals surface area contributed by atoms with Crippen molar-refractivity contribution in [2.75, 3.05) is 18.5 Å². The molecule has 2 aromatic carbocycles. The highest BCUT2D eigenvalue weighted by molar-refractivity contribution is 6.42. The van der Waals surface area contributed by atoms with Crippen LogP contribution in [0.2, 0.25) is 10.0 Å². The van der Waals surface area contributed by atoms with Crippen molar-refractivity contribution in [3.05, 3.63) is 85.2 Å². The molecule has 3 heterocycles. The zero-order valence-corrected chi connectivity index (χ0v) is 23.9. The zero-order chi connectivity index (χ0) is 28.1. The molecule has 0 radical (unpaired) electrons. The van der Waals surface area contributed by atoms with E-state index in [1.807, 2.05) is 6.92 Å². The number of halogens is 2. The van der Waals surface area contributed by atoms with Crippen LogP contribution in [0.25, 0.3) is 5.69 Å². The monoisotopic (exact) mass is 567 g/mol. The SMILES string of the molecule is CNC(=O)c1ccc(-n2c(N3CCCC3(C)C)nc3c(c2=O)C[C@@H](C)N(C(=O)c2ccc(Cl)c(Cl)c2)C3)cc1. The number of amides is 2. The molecule has 1 fully saturated rings. The molecule has 1 aromatic heterocycles.